The van der Waals surface area contributed by atoms with E-state index in [0.717, 1.165) is 52.9 Å². The predicted octanol–water partition coefficient (Wildman–Crippen LogP) is 4.64. The molecule has 0 saturated heterocycles. The number of nitrogens with one attached hydrogen (secondary N) is 2. The molecule has 1 aliphatic heterocycles. The van der Waals surface area contributed by atoms with E-state index in [4.69, 9.17) is 0 Å². The zero-order chi connectivity index (χ0) is 20.2. The lowest BCUT2D eigenvalue weighted by Gasteiger charge is -2.24. The van der Waals surface area contributed by atoms with Crippen LogP contribution in [0.4, 0.5) is 0 Å². The van der Waals surface area contributed by atoms with Crippen LogP contribution in [0.2, 0.25) is 0 Å². The number of phenols is 1. The monoisotopic (exact) mass is 408 g/mol. The van der Waals surface area contributed by atoms with Crippen LogP contribution in [0.1, 0.15) is 34.3 Å². The van der Waals surface area contributed by atoms with Gasteiger partial charge in [0, 0.05) is 35.4 Å². The van der Waals surface area contributed by atoms with Crippen molar-refractivity contribution in [2.75, 3.05) is 12.3 Å². The number of carboxylic acid groups (broad SMARTS) is 1. The molecule has 5 nitrogen and oxygen atoms in total. The average Bonchev–Trinajstić information content (AvgIpc) is 3.13. The molecule has 0 spiro atoms. The molecule has 0 fully saturated rings. The Balaban J connectivity index is 1.31. The van der Waals surface area contributed by atoms with Crippen LogP contribution in [0.25, 0.3) is 16.5 Å². The molecule has 29 heavy (non-hydrogen) atoms. The second kappa shape index (κ2) is 8.76. The van der Waals surface area contributed by atoms with E-state index in [1.807, 2.05) is 42.2 Å². The van der Waals surface area contributed by atoms with Gasteiger partial charge in [0.15, 0.2) is 0 Å². The maximum Gasteiger partial charge on any atom is 0.335 e. The van der Waals surface area contributed by atoms with Gasteiger partial charge in [-0.15, -0.1) is 0 Å². The van der Waals surface area contributed by atoms with Gasteiger partial charge in [-0.3, -0.25) is 0 Å². The van der Waals surface area contributed by atoms with Gasteiger partial charge >= 0.3 is 5.97 Å². The highest BCUT2D eigenvalue weighted by Gasteiger charge is 2.16. The van der Waals surface area contributed by atoms with Gasteiger partial charge in [-0.1, -0.05) is 18.2 Å². The maximum atomic E-state index is 11.2. The molecule has 0 bridgehead atoms. The zero-order valence-corrected chi connectivity index (χ0v) is 16.8. The lowest BCUT2D eigenvalue weighted by atomic mass is 9.94. The molecular formula is C23H24N2O3S. The smallest absolute Gasteiger partial charge is 0.335 e. The van der Waals surface area contributed by atoms with Gasteiger partial charge in [-0.05, 0) is 65.6 Å². The number of benzene rings is 2. The fraction of sp³-hybridized carbons (Fsp3) is 0.261. The molecule has 150 valence electrons. The summed E-state index contributed by atoms with van der Waals surface area (Å²) in [5.74, 6) is 1.28. The molecule has 1 atom stereocenters. The zero-order valence-electron chi connectivity index (χ0n) is 16.0. The van der Waals surface area contributed by atoms with E-state index in [-0.39, 0.29) is 0 Å². The number of rotatable bonds is 7. The number of fused-ring (bicyclic) bond motifs is 1. The van der Waals surface area contributed by atoms with E-state index in [1.165, 1.54) is 5.57 Å². The first-order valence-electron chi connectivity index (χ1n) is 9.73. The number of phenolic OH excluding ortho intramolecular Hbond substituents is 1. The van der Waals surface area contributed by atoms with Gasteiger partial charge in [0.2, 0.25) is 0 Å². The SMILES string of the molecule is O=C(O)c1ccc2[nH]cc(CSCCC3CC(c4cccc(O)c4)=CCN3)c2c1. The Morgan fingerprint density at radius 3 is 2.93 bits per heavy atom. The highest BCUT2D eigenvalue weighted by molar-refractivity contribution is 7.98. The summed E-state index contributed by atoms with van der Waals surface area (Å²) in [5.41, 5.74) is 4.82. The molecule has 0 saturated carbocycles. The molecular weight excluding hydrogens is 384 g/mol. The van der Waals surface area contributed by atoms with Crippen LogP contribution in [-0.4, -0.2) is 39.5 Å². The molecule has 6 heteroatoms. The number of carboxylic acids is 1. The van der Waals surface area contributed by atoms with Crippen molar-refractivity contribution in [3.8, 4) is 5.75 Å². The Hall–Kier alpha value is -2.70. The van der Waals surface area contributed by atoms with E-state index in [0.29, 0.717) is 17.4 Å². The number of H-pyrrole nitrogens is 1. The Kier molecular flexibility index (Phi) is 5.92. The van der Waals surface area contributed by atoms with Gasteiger partial charge in [0.25, 0.3) is 0 Å². The maximum absolute atomic E-state index is 11.2. The van der Waals surface area contributed by atoms with Gasteiger partial charge in [0.05, 0.1) is 5.56 Å². The average molecular weight is 409 g/mol. The van der Waals surface area contributed by atoms with Crippen molar-refractivity contribution in [3.63, 3.8) is 0 Å². The molecule has 1 unspecified atom stereocenters. The Morgan fingerprint density at radius 2 is 2.10 bits per heavy atom. The summed E-state index contributed by atoms with van der Waals surface area (Å²) in [5, 5.41) is 23.5. The van der Waals surface area contributed by atoms with Crippen LogP contribution in [0.5, 0.6) is 5.75 Å². The molecule has 4 rings (SSSR count). The summed E-state index contributed by atoms with van der Waals surface area (Å²) in [6.45, 7) is 0.848. The number of aromatic nitrogens is 1. The standard InChI is InChI=1S/C23H24N2O3S/c26-20-3-1-2-15(11-20)16-6-8-24-19(10-16)7-9-29-14-18-13-25-22-5-4-17(23(27)28)12-21(18)22/h1-6,11-13,19,24-26H,7-10,14H2,(H,27,28). The first-order chi connectivity index (χ1) is 14.1. The summed E-state index contributed by atoms with van der Waals surface area (Å²) < 4.78 is 0. The summed E-state index contributed by atoms with van der Waals surface area (Å²) in [6.07, 6.45) is 6.19. The number of thioether (sulfide) groups is 1. The number of hydrogen-bond acceptors (Lipinski definition) is 4. The number of carbonyl (C=O) groups is 1. The predicted molar refractivity (Wildman–Crippen MR) is 119 cm³/mol. The number of aromatic carboxylic acids is 1. The van der Waals surface area contributed by atoms with Gasteiger partial charge in [-0.2, -0.15) is 11.8 Å². The summed E-state index contributed by atoms with van der Waals surface area (Å²) in [6, 6.07) is 13.1. The number of hydrogen-bond donors (Lipinski definition) is 4. The van der Waals surface area contributed by atoms with Crippen molar-refractivity contribution in [1.29, 1.82) is 0 Å². The highest BCUT2D eigenvalue weighted by Crippen LogP contribution is 2.28. The van der Waals surface area contributed by atoms with Crippen molar-refractivity contribution < 1.29 is 15.0 Å². The molecule has 4 N–H and O–H groups in total. The van der Waals surface area contributed by atoms with Crippen LogP contribution in [0.15, 0.2) is 54.7 Å². The van der Waals surface area contributed by atoms with E-state index in [1.54, 1.807) is 18.2 Å². The molecule has 0 aliphatic carbocycles. The fourth-order valence-corrected chi connectivity index (χ4v) is 4.81. The molecule has 0 radical (unpaired) electrons. The van der Waals surface area contributed by atoms with Gasteiger partial charge in [0.1, 0.15) is 5.75 Å². The molecule has 2 heterocycles. The molecule has 1 aromatic heterocycles. The first-order valence-corrected chi connectivity index (χ1v) is 10.9. The Morgan fingerprint density at radius 1 is 1.21 bits per heavy atom. The quantitative estimate of drug-likeness (QED) is 0.428. The van der Waals surface area contributed by atoms with E-state index in [9.17, 15) is 15.0 Å². The van der Waals surface area contributed by atoms with Crippen molar-refractivity contribution in [3.05, 3.63) is 71.4 Å². The minimum atomic E-state index is -0.898. The van der Waals surface area contributed by atoms with E-state index < -0.39 is 5.97 Å². The topological polar surface area (TPSA) is 85.3 Å². The third-order valence-corrected chi connectivity index (χ3v) is 6.36. The Bertz CT molecular complexity index is 1060. The third-order valence-electron chi connectivity index (χ3n) is 5.32. The van der Waals surface area contributed by atoms with Gasteiger partial charge < -0.3 is 20.5 Å². The molecule has 1 aliphatic rings. The van der Waals surface area contributed by atoms with E-state index >= 15 is 0 Å². The minimum absolute atomic E-state index is 0.304. The lowest BCUT2D eigenvalue weighted by molar-refractivity contribution is 0.0697. The fourth-order valence-electron chi connectivity index (χ4n) is 3.75. The minimum Gasteiger partial charge on any atom is -0.508 e. The largest absolute Gasteiger partial charge is 0.508 e. The lowest BCUT2D eigenvalue weighted by Crippen LogP contribution is -2.33. The van der Waals surface area contributed by atoms with Gasteiger partial charge in [-0.25, -0.2) is 4.79 Å². The van der Waals surface area contributed by atoms with Crippen LogP contribution >= 0.6 is 11.8 Å². The van der Waals surface area contributed by atoms with E-state index in [2.05, 4.69) is 16.4 Å². The molecule has 2 aromatic carbocycles. The summed E-state index contributed by atoms with van der Waals surface area (Å²) >= 11 is 1.87. The van der Waals surface area contributed by atoms with Crippen LogP contribution < -0.4 is 5.32 Å². The number of aromatic amines is 1. The second-order valence-corrected chi connectivity index (χ2v) is 8.41. The van der Waals surface area contributed by atoms with Crippen LogP contribution in [-0.2, 0) is 5.75 Å². The third kappa shape index (κ3) is 4.66. The van der Waals surface area contributed by atoms with Crippen molar-refractivity contribution >= 4 is 34.2 Å². The Labute approximate surface area is 173 Å². The van der Waals surface area contributed by atoms with Crippen LogP contribution in [0.3, 0.4) is 0 Å². The summed E-state index contributed by atoms with van der Waals surface area (Å²) in [4.78, 5) is 14.4. The summed E-state index contributed by atoms with van der Waals surface area (Å²) in [7, 11) is 0. The molecule has 0 amide bonds. The molecule has 3 aromatic rings. The highest BCUT2D eigenvalue weighted by atomic mass is 32.2. The number of aromatic hydroxyl groups is 1. The normalized spacial score (nSPS) is 16.7. The van der Waals surface area contributed by atoms with Crippen molar-refractivity contribution in [1.82, 2.24) is 10.3 Å². The first kappa shape index (κ1) is 19.6. The second-order valence-electron chi connectivity index (χ2n) is 7.31. The van der Waals surface area contributed by atoms with Crippen molar-refractivity contribution in [2.45, 2.75) is 24.6 Å². The van der Waals surface area contributed by atoms with Crippen LogP contribution in [0, 0.1) is 0 Å². The van der Waals surface area contributed by atoms with Crippen molar-refractivity contribution in [2.24, 2.45) is 0 Å².